The molecule has 1 unspecified atom stereocenters. The summed E-state index contributed by atoms with van der Waals surface area (Å²) in [4.78, 5) is 21.0. The number of nitrogens with zero attached hydrogens (tertiary/aromatic N) is 2. The van der Waals surface area contributed by atoms with Crippen molar-refractivity contribution in [2.24, 2.45) is 5.92 Å². The Balaban J connectivity index is 0.000000321. The molecule has 27 heavy (non-hydrogen) atoms. The summed E-state index contributed by atoms with van der Waals surface area (Å²) in [6.07, 6.45) is -0.691. The van der Waals surface area contributed by atoms with E-state index in [-0.39, 0.29) is 11.9 Å². The minimum Gasteiger partial charge on any atom is -0.475 e. The van der Waals surface area contributed by atoms with Crippen molar-refractivity contribution in [2.45, 2.75) is 38.0 Å². The molecule has 3 N–H and O–H groups in total. The molecule has 1 atom stereocenters. The predicted octanol–water partition coefficient (Wildman–Crippen LogP) is 1.09. The lowest BCUT2D eigenvalue weighted by Crippen LogP contribution is -2.38. The minimum absolute atomic E-state index is 0.117. The summed E-state index contributed by atoms with van der Waals surface area (Å²) in [7, 11) is 0. The Labute approximate surface area is 154 Å². The summed E-state index contributed by atoms with van der Waals surface area (Å²) in [6.45, 7) is 4.06. The fourth-order valence-electron chi connectivity index (χ4n) is 2.92. The maximum Gasteiger partial charge on any atom is 0.490 e. The Kier molecular flexibility index (Phi) is 7.60. The Bertz CT molecular complexity index is 629. The Morgan fingerprint density at radius 2 is 2.04 bits per heavy atom. The molecule has 2 aliphatic rings. The van der Waals surface area contributed by atoms with Gasteiger partial charge in [-0.15, -0.1) is 0 Å². The second kappa shape index (κ2) is 9.70. The van der Waals surface area contributed by atoms with E-state index < -0.39 is 12.1 Å². The van der Waals surface area contributed by atoms with Crippen LogP contribution in [0.25, 0.3) is 0 Å². The first-order chi connectivity index (χ1) is 12.8. The van der Waals surface area contributed by atoms with Crippen LogP contribution in [-0.4, -0.2) is 59.2 Å². The van der Waals surface area contributed by atoms with Gasteiger partial charge in [0.1, 0.15) is 0 Å². The third kappa shape index (κ3) is 6.83. The third-order valence-electron chi connectivity index (χ3n) is 4.38. The number of carbonyl (C=O) groups is 2. The van der Waals surface area contributed by atoms with E-state index in [1.807, 2.05) is 10.7 Å². The standard InChI is InChI=1S/C14H22N4O2.C2HF3O2/c19-14(16-8-11-2-5-20-6-3-11)7-13-10-15-9-12-1-4-17-18(12)13;3-2(4,5)1(6)7/h1,4,11,13,15H,2-3,5-10H2,(H,16,19);(H,6,7). The van der Waals surface area contributed by atoms with Crippen LogP contribution < -0.4 is 10.6 Å². The molecule has 1 aromatic heterocycles. The maximum atomic E-state index is 12.1. The quantitative estimate of drug-likeness (QED) is 0.709. The van der Waals surface area contributed by atoms with Gasteiger partial charge in [-0.3, -0.25) is 9.48 Å². The highest BCUT2D eigenvalue weighted by atomic mass is 19.4. The molecule has 2 aliphatic heterocycles. The number of carboxylic acid groups (broad SMARTS) is 1. The van der Waals surface area contributed by atoms with Crippen LogP contribution in [-0.2, 0) is 20.9 Å². The molecule has 152 valence electrons. The highest BCUT2D eigenvalue weighted by molar-refractivity contribution is 5.76. The van der Waals surface area contributed by atoms with Gasteiger partial charge >= 0.3 is 12.1 Å². The number of aromatic nitrogens is 2. The third-order valence-corrected chi connectivity index (χ3v) is 4.38. The van der Waals surface area contributed by atoms with Crippen molar-refractivity contribution in [1.29, 1.82) is 0 Å². The average Bonchev–Trinajstić information content (AvgIpc) is 3.10. The highest BCUT2D eigenvalue weighted by Gasteiger charge is 2.38. The van der Waals surface area contributed by atoms with Crippen molar-refractivity contribution in [3.8, 4) is 0 Å². The van der Waals surface area contributed by atoms with E-state index in [0.29, 0.717) is 12.3 Å². The van der Waals surface area contributed by atoms with Crippen molar-refractivity contribution in [2.75, 3.05) is 26.3 Å². The van der Waals surface area contributed by atoms with E-state index in [2.05, 4.69) is 15.7 Å². The van der Waals surface area contributed by atoms with Gasteiger partial charge in [0.2, 0.25) is 5.91 Å². The fraction of sp³-hybridized carbons (Fsp3) is 0.688. The van der Waals surface area contributed by atoms with Crippen molar-refractivity contribution in [1.82, 2.24) is 20.4 Å². The van der Waals surface area contributed by atoms with Crippen molar-refractivity contribution < 1.29 is 32.6 Å². The van der Waals surface area contributed by atoms with Crippen LogP contribution in [0.1, 0.15) is 31.0 Å². The largest absolute Gasteiger partial charge is 0.490 e. The first kappa shape index (κ1) is 21.2. The van der Waals surface area contributed by atoms with Gasteiger partial charge in [0.15, 0.2) is 0 Å². The summed E-state index contributed by atoms with van der Waals surface area (Å²) < 4.78 is 39.0. The van der Waals surface area contributed by atoms with E-state index in [4.69, 9.17) is 14.6 Å². The van der Waals surface area contributed by atoms with Crippen LogP contribution in [0.5, 0.6) is 0 Å². The molecular formula is C16H23F3N4O4. The highest BCUT2D eigenvalue weighted by Crippen LogP contribution is 2.18. The first-order valence-corrected chi connectivity index (χ1v) is 8.65. The lowest BCUT2D eigenvalue weighted by Gasteiger charge is -2.26. The van der Waals surface area contributed by atoms with E-state index in [9.17, 15) is 18.0 Å². The van der Waals surface area contributed by atoms with Gasteiger partial charge in [0.25, 0.3) is 0 Å². The van der Waals surface area contributed by atoms with Crippen LogP contribution in [0.3, 0.4) is 0 Å². The SMILES string of the molecule is O=C(CC1CNCc2ccnn21)NCC1CCOCC1.O=C(O)C(F)(F)F. The van der Waals surface area contributed by atoms with Crippen LogP contribution in [0.2, 0.25) is 0 Å². The number of fused-ring (bicyclic) bond motifs is 1. The zero-order chi connectivity index (χ0) is 19.9. The van der Waals surface area contributed by atoms with Crippen molar-refractivity contribution in [3.05, 3.63) is 18.0 Å². The predicted molar refractivity (Wildman–Crippen MR) is 87.8 cm³/mol. The number of hydrogen-bond donors (Lipinski definition) is 3. The van der Waals surface area contributed by atoms with Gasteiger partial charge in [-0.2, -0.15) is 18.3 Å². The average molecular weight is 392 g/mol. The second-order valence-electron chi connectivity index (χ2n) is 6.42. The summed E-state index contributed by atoms with van der Waals surface area (Å²) in [6, 6.07) is 2.13. The number of alkyl halides is 3. The number of halogens is 3. The number of hydrogen-bond acceptors (Lipinski definition) is 5. The lowest BCUT2D eigenvalue weighted by molar-refractivity contribution is -0.192. The summed E-state index contributed by atoms with van der Waals surface area (Å²) in [5.41, 5.74) is 1.15. The molecule has 3 rings (SSSR count). The van der Waals surface area contributed by atoms with Crippen LogP contribution >= 0.6 is 0 Å². The monoisotopic (exact) mass is 392 g/mol. The molecule has 0 bridgehead atoms. The number of aliphatic carboxylic acids is 1. The molecule has 8 nitrogen and oxygen atoms in total. The maximum absolute atomic E-state index is 12.1. The van der Waals surface area contributed by atoms with E-state index in [1.165, 1.54) is 0 Å². The Hall–Kier alpha value is -2.14. The number of ether oxygens (including phenoxy) is 1. The van der Waals surface area contributed by atoms with Crippen molar-refractivity contribution in [3.63, 3.8) is 0 Å². The molecule has 11 heteroatoms. The molecule has 0 radical (unpaired) electrons. The topological polar surface area (TPSA) is 105 Å². The van der Waals surface area contributed by atoms with Gasteiger partial charge in [-0.25, -0.2) is 4.79 Å². The summed E-state index contributed by atoms with van der Waals surface area (Å²) in [5.74, 6) is -2.07. The zero-order valence-electron chi connectivity index (χ0n) is 14.7. The lowest BCUT2D eigenvalue weighted by atomic mass is 10.0. The first-order valence-electron chi connectivity index (χ1n) is 8.65. The summed E-state index contributed by atoms with van der Waals surface area (Å²) >= 11 is 0. The van der Waals surface area contributed by atoms with Crippen LogP contribution in [0.4, 0.5) is 13.2 Å². The zero-order valence-corrected chi connectivity index (χ0v) is 14.7. The molecule has 0 spiro atoms. The second-order valence-corrected chi connectivity index (χ2v) is 6.42. The van der Waals surface area contributed by atoms with Crippen LogP contribution in [0.15, 0.2) is 12.3 Å². The molecule has 1 fully saturated rings. The number of amides is 1. The molecular weight excluding hydrogens is 369 g/mol. The smallest absolute Gasteiger partial charge is 0.475 e. The van der Waals surface area contributed by atoms with Gasteiger partial charge in [-0.1, -0.05) is 0 Å². The number of rotatable bonds is 4. The normalized spacial score (nSPS) is 20.2. The molecule has 0 aliphatic carbocycles. The van der Waals surface area contributed by atoms with Gasteiger partial charge in [0.05, 0.1) is 18.2 Å². The van der Waals surface area contributed by atoms with Gasteiger partial charge < -0.3 is 20.5 Å². The molecule has 0 aromatic carbocycles. The number of carbonyl (C=O) groups excluding carboxylic acids is 1. The number of carboxylic acids is 1. The Morgan fingerprint density at radius 3 is 2.67 bits per heavy atom. The number of nitrogens with one attached hydrogen (secondary N) is 2. The van der Waals surface area contributed by atoms with E-state index in [1.54, 1.807) is 6.20 Å². The summed E-state index contributed by atoms with van der Waals surface area (Å²) in [5, 5.41) is 17.8. The molecule has 1 saturated heterocycles. The van der Waals surface area contributed by atoms with E-state index >= 15 is 0 Å². The molecule has 0 saturated carbocycles. The molecule has 3 heterocycles. The van der Waals surface area contributed by atoms with Crippen LogP contribution in [0, 0.1) is 5.92 Å². The van der Waals surface area contributed by atoms with E-state index in [0.717, 1.165) is 51.4 Å². The van der Waals surface area contributed by atoms with Gasteiger partial charge in [0, 0.05) is 39.0 Å². The fourth-order valence-corrected chi connectivity index (χ4v) is 2.92. The van der Waals surface area contributed by atoms with Crippen molar-refractivity contribution >= 4 is 11.9 Å². The van der Waals surface area contributed by atoms with Gasteiger partial charge in [-0.05, 0) is 24.8 Å². The Morgan fingerprint density at radius 1 is 1.37 bits per heavy atom. The molecule has 1 amide bonds. The minimum atomic E-state index is -5.08. The molecule has 1 aromatic rings.